The Kier molecular flexibility index (Phi) is 4.97. The van der Waals surface area contributed by atoms with Crippen LogP contribution < -0.4 is 11.1 Å². The number of anilines is 2. The number of benzene rings is 3. The molecule has 3 N–H and O–H groups in total. The third-order valence-electron chi connectivity index (χ3n) is 4.83. The Balaban J connectivity index is 1.38. The molecule has 0 unspecified atom stereocenters. The van der Waals surface area contributed by atoms with E-state index in [2.05, 4.69) is 29.4 Å². The molecule has 3 aromatic carbocycles. The number of nitrogens with one attached hydrogen (secondary N) is 1. The summed E-state index contributed by atoms with van der Waals surface area (Å²) in [7, 11) is 0. The summed E-state index contributed by atoms with van der Waals surface area (Å²) in [5.41, 5.74) is 11.3. The zero-order chi connectivity index (χ0) is 21.4. The molecule has 0 atom stereocenters. The fourth-order valence-electron chi connectivity index (χ4n) is 3.32. The van der Waals surface area contributed by atoms with Crippen LogP contribution in [-0.4, -0.2) is 15.9 Å². The van der Waals surface area contributed by atoms with Gasteiger partial charge in [-0.05, 0) is 48.9 Å². The van der Waals surface area contributed by atoms with Gasteiger partial charge < -0.3 is 11.1 Å². The van der Waals surface area contributed by atoms with Gasteiger partial charge in [0.1, 0.15) is 9.88 Å². The highest BCUT2D eigenvalue weighted by Crippen LogP contribution is 2.32. The highest BCUT2D eigenvalue weighted by atomic mass is 32.1. The van der Waals surface area contributed by atoms with Gasteiger partial charge in [0, 0.05) is 16.8 Å². The standard InChI is InChI=1S/C24H18N4OS2/c1-14-7-12-18-19(13-14)30-23(27-18)16-8-10-17(11-9-16)26-22(29)21-20(28-24(25)31-21)15-5-3-2-4-6-15/h2-13H,1H3,(H2,25,28)(H,26,29). The second-order valence-electron chi connectivity index (χ2n) is 7.12. The van der Waals surface area contributed by atoms with Crippen LogP contribution in [-0.2, 0) is 0 Å². The fraction of sp³-hybridized carbons (Fsp3) is 0.0417. The largest absolute Gasteiger partial charge is 0.375 e. The second kappa shape index (κ2) is 7.94. The summed E-state index contributed by atoms with van der Waals surface area (Å²) in [6, 6.07) is 23.6. The Labute approximate surface area is 187 Å². The van der Waals surface area contributed by atoms with Gasteiger partial charge in [-0.1, -0.05) is 47.7 Å². The van der Waals surface area contributed by atoms with Crippen molar-refractivity contribution in [3.8, 4) is 21.8 Å². The monoisotopic (exact) mass is 442 g/mol. The Morgan fingerprint density at radius 3 is 2.45 bits per heavy atom. The lowest BCUT2D eigenvalue weighted by molar-refractivity contribution is 0.103. The molecule has 0 aliphatic heterocycles. The molecule has 0 bridgehead atoms. The number of nitrogen functional groups attached to an aromatic ring is 1. The maximum atomic E-state index is 12.9. The van der Waals surface area contributed by atoms with Crippen molar-refractivity contribution < 1.29 is 4.79 Å². The minimum absolute atomic E-state index is 0.226. The molecule has 152 valence electrons. The lowest BCUT2D eigenvalue weighted by Crippen LogP contribution is -2.11. The summed E-state index contributed by atoms with van der Waals surface area (Å²) >= 11 is 2.85. The van der Waals surface area contributed by atoms with Gasteiger partial charge in [0.2, 0.25) is 0 Å². The minimum Gasteiger partial charge on any atom is -0.375 e. The first-order valence-electron chi connectivity index (χ1n) is 9.67. The third kappa shape index (κ3) is 3.93. The molecule has 0 spiro atoms. The Morgan fingerprint density at radius 2 is 1.68 bits per heavy atom. The number of nitrogens with zero attached hydrogens (tertiary/aromatic N) is 2. The van der Waals surface area contributed by atoms with E-state index < -0.39 is 0 Å². The van der Waals surface area contributed by atoms with Gasteiger partial charge >= 0.3 is 0 Å². The van der Waals surface area contributed by atoms with Crippen molar-refractivity contribution in [3.05, 3.63) is 83.2 Å². The van der Waals surface area contributed by atoms with Gasteiger partial charge in [0.15, 0.2) is 5.13 Å². The molecular weight excluding hydrogens is 424 g/mol. The van der Waals surface area contributed by atoms with Crippen molar-refractivity contribution in [3.63, 3.8) is 0 Å². The number of carbonyl (C=O) groups excluding carboxylic acids is 1. The number of aryl methyl sites for hydroxylation is 1. The highest BCUT2D eigenvalue weighted by Gasteiger charge is 2.19. The lowest BCUT2D eigenvalue weighted by atomic mass is 10.1. The topological polar surface area (TPSA) is 80.9 Å². The van der Waals surface area contributed by atoms with E-state index in [1.165, 1.54) is 21.6 Å². The zero-order valence-electron chi connectivity index (χ0n) is 16.6. The lowest BCUT2D eigenvalue weighted by Gasteiger charge is -2.06. The van der Waals surface area contributed by atoms with Crippen molar-refractivity contribution in [2.45, 2.75) is 6.92 Å². The van der Waals surface area contributed by atoms with Crippen molar-refractivity contribution in [2.24, 2.45) is 0 Å². The molecule has 0 fully saturated rings. The van der Waals surface area contributed by atoms with Gasteiger partial charge in [0.05, 0.1) is 15.9 Å². The maximum Gasteiger partial charge on any atom is 0.268 e. The first-order chi connectivity index (χ1) is 15.1. The number of fused-ring (bicyclic) bond motifs is 1. The van der Waals surface area contributed by atoms with Crippen LogP contribution in [0.5, 0.6) is 0 Å². The number of hydrogen-bond donors (Lipinski definition) is 2. The van der Waals surface area contributed by atoms with E-state index in [4.69, 9.17) is 10.7 Å². The number of carbonyl (C=O) groups is 1. The van der Waals surface area contributed by atoms with Crippen LogP contribution in [0.1, 0.15) is 15.2 Å². The van der Waals surface area contributed by atoms with Gasteiger partial charge in [-0.2, -0.15) is 0 Å². The smallest absolute Gasteiger partial charge is 0.268 e. The minimum atomic E-state index is -0.226. The SMILES string of the molecule is Cc1ccc2nc(-c3ccc(NC(=O)c4sc(N)nc4-c4ccccc4)cc3)sc2c1. The second-order valence-corrected chi connectivity index (χ2v) is 9.18. The molecule has 5 rings (SSSR count). The highest BCUT2D eigenvalue weighted by molar-refractivity contribution is 7.21. The average molecular weight is 443 g/mol. The molecule has 0 saturated heterocycles. The van der Waals surface area contributed by atoms with Gasteiger partial charge in [-0.3, -0.25) is 4.79 Å². The molecule has 1 amide bonds. The van der Waals surface area contributed by atoms with Gasteiger partial charge in [-0.15, -0.1) is 11.3 Å². The van der Waals surface area contributed by atoms with E-state index in [-0.39, 0.29) is 5.91 Å². The molecule has 31 heavy (non-hydrogen) atoms. The average Bonchev–Trinajstić information content (AvgIpc) is 3.38. The Hall–Kier alpha value is -3.55. The first kappa shape index (κ1) is 19.4. The Morgan fingerprint density at radius 1 is 0.903 bits per heavy atom. The number of nitrogens with two attached hydrogens (primary N) is 1. The molecule has 2 heterocycles. The molecule has 0 radical (unpaired) electrons. The van der Waals surface area contributed by atoms with Gasteiger partial charge in [-0.25, -0.2) is 9.97 Å². The third-order valence-corrected chi connectivity index (χ3v) is 6.78. The molecule has 7 heteroatoms. The maximum absolute atomic E-state index is 12.9. The summed E-state index contributed by atoms with van der Waals surface area (Å²) < 4.78 is 1.17. The first-order valence-corrected chi connectivity index (χ1v) is 11.3. The predicted molar refractivity (Wildman–Crippen MR) is 130 cm³/mol. The summed E-state index contributed by atoms with van der Waals surface area (Å²) in [6.45, 7) is 2.08. The molecule has 0 aliphatic rings. The van der Waals surface area contributed by atoms with E-state index >= 15 is 0 Å². The van der Waals surface area contributed by atoms with E-state index in [0.29, 0.717) is 21.4 Å². The van der Waals surface area contributed by atoms with E-state index in [9.17, 15) is 4.79 Å². The van der Waals surface area contributed by atoms with Crippen LogP contribution in [0.3, 0.4) is 0 Å². The molecule has 0 saturated carbocycles. The normalized spacial score (nSPS) is 11.0. The summed E-state index contributed by atoms with van der Waals surface area (Å²) in [4.78, 5) is 22.5. The van der Waals surface area contributed by atoms with Crippen LogP contribution >= 0.6 is 22.7 Å². The molecule has 0 aliphatic carbocycles. The van der Waals surface area contributed by atoms with Crippen LogP contribution in [0.2, 0.25) is 0 Å². The summed E-state index contributed by atoms with van der Waals surface area (Å²) in [6.07, 6.45) is 0. The number of hydrogen-bond acceptors (Lipinski definition) is 6. The fourth-order valence-corrected chi connectivity index (χ4v) is 5.14. The number of thiazole rings is 2. The molecule has 2 aromatic heterocycles. The Bertz CT molecular complexity index is 1390. The summed E-state index contributed by atoms with van der Waals surface area (Å²) in [5.74, 6) is -0.226. The van der Waals surface area contributed by atoms with Crippen LogP contribution in [0.4, 0.5) is 10.8 Å². The van der Waals surface area contributed by atoms with E-state index in [0.717, 1.165) is 21.7 Å². The van der Waals surface area contributed by atoms with Crippen molar-refractivity contribution in [1.29, 1.82) is 0 Å². The van der Waals surface area contributed by atoms with Gasteiger partial charge in [0.25, 0.3) is 5.91 Å². The molecule has 5 nitrogen and oxygen atoms in total. The van der Waals surface area contributed by atoms with Crippen molar-refractivity contribution in [2.75, 3.05) is 11.1 Å². The van der Waals surface area contributed by atoms with Crippen LogP contribution in [0.25, 0.3) is 32.0 Å². The number of amides is 1. The van der Waals surface area contributed by atoms with E-state index in [1.54, 1.807) is 11.3 Å². The zero-order valence-corrected chi connectivity index (χ0v) is 18.3. The van der Waals surface area contributed by atoms with Crippen LogP contribution in [0, 0.1) is 6.92 Å². The number of aromatic nitrogens is 2. The predicted octanol–water partition coefficient (Wildman–Crippen LogP) is 6.23. The van der Waals surface area contributed by atoms with Crippen molar-refractivity contribution >= 4 is 49.6 Å². The van der Waals surface area contributed by atoms with Crippen molar-refractivity contribution in [1.82, 2.24) is 9.97 Å². The number of rotatable bonds is 4. The van der Waals surface area contributed by atoms with E-state index in [1.807, 2.05) is 60.7 Å². The molecule has 5 aromatic rings. The van der Waals surface area contributed by atoms with Crippen LogP contribution in [0.15, 0.2) is 72.8 Å². The quantitative estimate of drug-likeness (QED) is 0.346. The summed E-state index contributed by atoms with van der Waals surface area (Å²) in [5, 5.41) is 4.28. The molecular formula is C24H18N4OS2.